The van der Waals surface area contributed by atoms with E-state index in [4.69, 9.17) is 17.3 Å². The molecule has 8 nitrogen and oxygen atoms in total. The van der Waals surface area contributed by atoms with Gasteiger partial charge in [-0.2, -0.15) is 5.10 Å². The zero-order chi connectivity index (χ0) is 25.9. The summed E-state index contributed by atoms with van der Waals surface area (Å²) in [6, 6.07) is 13.4. The van der Waals surface area contributed by atoms with E-state index in [2.05, 4.69) is 10.4 Å². The molecule has 1 aliphatic rings. The minimum Gasteiger partial charge on any atom is -0.366 e. The molecule has 0 bridgehead atoms. The van der Waals surface area contributed by atoms with Crippen LogP contribution < -0.4 is 11.1 Å². The van der Waals surface area contributed by atoms with Crippen molar-refractivity contribution in [3.05, 3.63) is 76.4 Å². The lowest BCUT2D eigenvalue weighted by molar-refractivity contribution is -0.118. The number of rotatable bonds is 9. The smallest absolute Gasteiger partial charge is 0.248 e. The van der Waals surface area contributed by atoms with Gasteiger partial charge in [0.15, 0.2) is 15.7 Å². The third-order valence-corrected chi connectivity index (χ3v) is 8.17. The second-order valence-electron chi connectivity index (χ2n) is 9.35. The maximum absolute atomic E-state index is 13.4. The number of hydrogen-bond donors (Lipinski definition) is 2. The van der Waals surface area contributed by atoms with Gasteiger partial charge in [0.2, 0.25) is 11.8 Å². The predicted octanol–water partition coefficient (Wildman–Crippen LogP) is 4.39. The largest absolute Gasteiger partial charge is 0.366 e. The van der Waals surface area contributed by atoms with E-state index in [-0.39, 0.29) is 15.8 Å². The first-order valence-electron chi connectivity index (χ1n) is 11.8. The molecule has 0 unspecified atom stereocenters. The molecule has 1 heterocycles. The molecule has 1 aromatic heterocycles. The second kappa shape index (κ2) is 10.8. The molecule has 3 N–H and O–H groups in total. The third-order valence-electron chi connectivity index (χ3n) is 6.59. The van der Waals surface area contributed by atoms with Crippen molar-refractivity contribution in [1.29, 1.82) is 0 Å². The maximum Gasteiger partial charge on any atom is 0.248 e. The Balaban J connectivity index is 1.50. The molecule has 0 aliphatic heterocycles. The Labute approximate surface area is 215 Å². The average molecular weight is 529 g/mol. The number of aromatic nitrogens is 2. The SMILES string of the molecule is CS(=O)(=O)c1ccc([C@@H](CC2CCCC2)C(=O)Nc2ccn(Cc3ccc(C(N)=O)cc3)n2)cc1Cl. The van der Waals surface area contributed by atoms with Crippen molar-refractivity contribution in [2.45, 2.75) is 49.5 Å². The Bertz CT molecular complexity index is 1360. The zero-order valence-corrected chi connectivity index (χ0v) is 21.6. The van der Waals surface area contributed by atoms with Crippen LogP contribution in [-0.4, -0.2) is 36.3 Å². The molecule has 10 heteroatoms. The molecule has 2 aromatic carbocycles. The number of primary amides is 1. The Kier molecular flexibility index (Phi) is 7.80. The van der Waals surface area contributed by atoms with Gasteiger partial charge in [-0.3, -0.25) is 14.3 Å². The van der Waals surface area contributed by atoms with E-state index in [9.17, 15) is 18.0 Å². The highest BCUT2D eigenvalue weighted by Gasteiger charge is 2.28. The highest BCUT2D eigenvalue weighted by Crippen LogP contribution is 2.36. The summed E-state index contributed by atoms with van der Waals surface area (Å²) in [4.78, 5) is 24.7. The fourth-order valence-corrected chi connectivity index (χ4v) is 6.04. The number of nitrogens with two attached hydrogens (primary N) is 1. The quantitative estimate of drug-likeness (QED) is 0.426. The highest BCUT2D eigenvalue weighted by atomic mass is 35.5. The Morgan fingerprint density at radius 1 is 1.14 bits per heavy atom. The lowest BCUT2D eigenvalue weighted by Crippen LogP contribution is -2.23. The average Bonchev–Trinajstić information content (AvgIpc) is 3.49. The van der Waals surface area contributed by atoms with Crippen LogP contribution in [0.1, 0.15) is 59.5 Å². The minimum atomic E-state index is -3.47. The van der Waals surface area contributed by atoms with Gasteiger partial charge in [0, 0.05) is 24.1 Å². The Morgan fingerprint density at radius 2 is 1.83 bits per heavy atom. The Hall–Kier alpha value is -3.17. The summed E-state index contributed by atoms with van der Waals surface area (Å²) < 4.78 is 25.6. The minimum absolute atomic E-state index is 0.0514. The van der Waals surface area contributed by atoms with Crippen LogP contribution in [0.3, 0.4) is 0 Å². The number of hydrogen-bond acceptors (Lipinski definition) is 5. The number of benzene rings is 2. The van der Waals surface area contributed by atoms with Crippen LogP contribution in [-0.2, 0) is 21.2 Å². The van der Waals surface area contributed by atoms with Crippen LogP contribution in [0.4, 0.5) is 5.82 Å². The second-order valence-corrected chi connectivity index (χ2v) is 11.7. The summed E-state index contributed by atoms with van der Waals surface area (Å²) in [5, 5.41) is 7.49. The highest BCUT2D eigenvalue weighted by molar-refractivity contribution is 7.90. The number of halogens is 1. The van der Waals surface area contributed by atoms with Crippen molar-refractivity contribution in [2.24, 2.45) is 11.7 Å². The fourth-order valence-electron chi connectivity index (χ4n) is 4.70. The summed E-state index contributed by atoms with van der Waals surface area (Å²) in [7, 11) is -3.47. The first-order chi connectivity index (χ1) is 17.1. The number of sulfone groups is 1. The van der Waals surface area contributed by atoms with Gasteiger partial charge in [-0.05, 0) is 47.7 Å². The Morgan fingerprint density at radius 3 is 2.44 bits per heavy atom. The molecule has 0 radical (unpaired) electrons. The van der Waals surface area contributed by atoms with E-state index >= 15 is 0 Å². The fraction of sp³-hybridized carbons (Fsp3) is 0.346. The molecule has 2 amide bonds. The van der Waals surface area contributed by atoms with Gasteiger partial charge in [-0.15, -0.1) is 0 Å². The monoisotopic (exact) mass is 528 g/mol. The van der Waals surface area contributed by atoms with Crippen molar-refractivity contribution in [3.63, 3.8) is 0 Å². The van der Waals surface area contributed by atoms with E-state index in [0.717, 1.165) is 37.5 Å². The van der Waals surface area contributed by atoms with Crippen LogP contribution in [0.25, 0.3) is 0 Å². The molecule has 4 rings (SSSR count). The van der Waals surface area contributed by atoms with E-state index in [1.165, 1.54) is 6.07 Å². The maximum atomic E-state index is 13.4. The molecular weight excluding hydrogens is 500 g/mol. The number of amides is 2. The van der Waals surface area contributed by atoms with Gasteiger partial charge in [0.05, 0.1) is 22.4 Å². The van der Waals surface area contributed by atoms with Crippen molar-refractivity contribution in [3.8, 4) is 0 Å². The lowest BCUT2D eigenvalue weighted by Gasteiger charge is -2.21. The van der Waals surface area contributed by atoms with E-state index in [0.29, 0.717) is 35.8 Å². The summed E-state index contributed by atoms with van der Waals surface area (Å²) in [5.74, 6) is -0.323. The number of anilines is 1. The van der Waals surface area contributed by atoms with E-state index < -0.39 is 21.7 Å². The predicted molar refractivity (Wildman–Crippen MR) is 139 cm³/mol. The number of carbonyl (C=O) groups excluding carboxylic acids is 2. The third kappa shape index (κ3) is 6.33. The molecule has 190 valence electrons. The first-order valence-corrected chi connectivity index (χ1v) is 14.1. The van der Waals surface area contributed by atoms with Crippen molar-refractivity contribution >= 4 is 39.1 Å². The van der Waals surface area contributed by atoms with Gasteiger partial charge >= 0.3 is 0 Å². The molecule has 1 saturated carbocycles. The molecule has 1 aliphatic carbocycles. The molecule has 0 spiro atoms. The standard InChI is InChI=1S/C26H29ClN4O4S/c1-36(34,35)23-11-10-20(15-22(23)27)21(14-17-4-2-3-5-17)26(33)29-24-12-13-31(30-24)16-18-6-8-19(9-7-18)25(28)32/h6-13,15,17,21H,2-5,14,16H2,1H3,(H2,28,32)(H,29,30,33)/t21-/m1/s1. The zero-order valence-electron chi connectivity index (χ0n) is 20.0. The van der Waals surface area contributed by atoms with E-state index in [1.54, 1.807) is 41.2 Å². The number of carbonyl (C=O) groups is 2. The molecule has 1 atom stereocenters. The van der Waals surface area contributed by atoms with Gasteiger partial charge in [-0.25, -0.2) is 8.42 Å². The summed E-state index contributed by atoms with van der Waals surface area (Å²) in [6.45, 7) is 0.461. The molecule has 36 heavy (non-hydrogen) atoms. The number of nitrogens with one attached hydrogen (secondary N) is 1. The summed E-state index contributed by atoms with van der Waals surface area (Å²) in [6.07, 6.45) is 7.98. The first kappa shape index (κ1) is 25.9. The van der Waals surface area contributed by atoms with E-state index in [1.807, 2.05) is 12.1 Å². The van der Waals surface area contributed by atoms with Crippen LogP contribution in [0.5, 0.6) is 0 Å². The summed E-state index contributed by atoms with van der Waals surface area (Å²) >= 11 is 6.29. The van der Waals surface area contributed by atoms with Gasteiger partial charge < -0.3 is 11.1 Å². The van der Waals surface area contributed by atoms with Crippen LogP contribution >= 0.6 is 11.6 Å². The van der Waals surface area contributed by atoms with Crippen LogP contribution in [0, 0.1) is 5.92 Å². The summed E-state index contributed by atoms with van der Waals surface area (Å²) in [5.41, 5.74) is 7.34. The van der Waals surface area contributed by atoms with Crippen LogP contribution in [0.2, 0.25) is 5.02 Å². The lowest BCUT2D eigenvalue weighted by atomic mass is 9.87. The van der Waals surface area contributed by atoms with Gasteiger partial charge in [0.25, 0.3) is 0 Å². The number of nitrogens with zero attached hydrogens (tertiary/aromatic N) is 2. The van der Waals surface area contributed by atoms with Gasteiger partial charge in [-0.1, -0.05) is 55.5 Å². The molecule has 1 fully saturated rings. The van der Waals surface area contributed by atoms with Crippen molar-refractivity contribution in [2.75, 3.05) is 11.6 Å². The molecular formula is C26H29ClN4O4S. The van der Waals surface area contributed by atoms with Crippen LogP contribution in [0.15, 0.2) is 59.6 Å². The molecule has 3 aromatic rings. The van der Waals surface area contributed by atoms with Crippen molar-refractivity contribution in [1.82, 2.24) is 9.78 Å². The van der Waals surface area contributed by atoms with Crippen molar-refractivity contribution < 1.29 is 18.0 Å². The molecule has 0 saturated heterocycles. The normalized spacial score (nSPS) is 15.1. The van der Waals surface area contributed by atoms with Gasteiger partial charge in [0.1, 0.15) is 0 Å². The topological polar surface area (TPSA) is 124 Å².